The molecule has 0 aliphatic heterocycles. The normalized spacial score (nSPS) is 11.0. The van der Waals surface area contributed by atoms with Crippen molar-refractivity contribution in [1.29, 1.82) is 0 Å². The van der Waals surface area contributed by atoms with Gasteiger partial charge in [-0.25, -0.2) is 0 Å². The third-order valence-electron chi connectivity index (χ3n) is 4.65. The molecule has 1 aromatic carbocycles. The molecule has 136 valence electrons. The Kier molecular flexibility index (Phi) is 7.22. The average Bonchev–Trinajstić information content (AvgIpc) is 3.34. The fourth-order valence-corrected chi connectivity index (χ4v) is 5.04. The summed E-state index contributed by atoms with van der Waals surface area (Å²) in [5.74, 6) is 0. The van der Waals surface area contributed by atoms with Crippen molar-refractivity contribution in [3.05, 3.63) is 59.0 Å². The second kappa shape index (κ2) is 9.84. The maximum absolute atomic E-state index is 10.9. The fourth-order valence-electron chi connectivity index (χ4n) is 3.12. The summed E-state index contributed by atoms with van der Waals surface area (Å²) in [6.45, 7) is 2.26. The number of thiophene rings is 2. The number of aldehydes is 1. The highest BCUT2D eigenvalue weighted by molar-refractivity contribution is 7.24. The van der Waals surface area contributed by atoms with Gasteiger partial charge in [-0.1, -0.05) is 63.3 Å². The maximum atomic E-state index is 10.9. The molecule has 2 aromatic heterocycles. The molecule has 0 radical (unpaired) electrons. The molecule has 0 N–H and O–H groups in total. The van der Waals surface area contributed by atoms with Gasteiger partial charge in [0.25, 0.3) is 0 Å². The van der Waals surface area contributed by atoms with Crippen molar-refractivity contribution >= 4 is 29.0 Å². The third kappa shape index (κ3) is 5.15. The highest BCUT2D eigenvalue weighted by atomic mass is 32.1. The van der Waals surface area contributed by atoms with Gasteiger partial charge in [-0.2, -0.15) is 0 Å². The highest BCUT2D eigenvalue weighted by Gasteiger charge is 2.07. The number of hydrogen-bond acceptors (Lipinski definition) is 3. The summed E-state index contributed by atoms with van der Waals surface area (Å²) >= 11 is 3.35. The number of aryl methyl sites for hydroxylation is 1. The van der Waals surface area contributed by atoms with Gasteiger partial charge in [0.2, 0.25) is 0 Å². The van der Waals surface area contributed by atoms with E-state index < -0.39 is 0 Å². The molecule has 0 aliphatic rings. The van der Waals surface area contributed by atoms with Gasteiger partial charge in [-0.3, -0.25) is 4.79 Å². The van der Waals surface area contributed by atoms with Gasteiger partial charge < -0.3 is 0 Å². The lowest BCUT2D eigenvalue weighted by atomic mass is 10.0. The van der Waals surface area contributed by atoms with Crippen LogP contribution in [0.4, 0.5) is 0 Å². The van der Waals surface area contributed by atoms with Crippen LogP contribution in [-0.2, 0) is 6.42 Å². The fraction of sp³-hybridized carbons (Fsp3) is 0.348. The molecular formula is C23H26OS2. The monoisotopic (exact) mass is 382 g/mol. The van der Waals surface area contributed by atoms with Crippen LogP contribution < -0.4 is 0 Å². The lowest BCUT2D eigenvalue weighted by molar-refractivity contribution is 0.112. The Bertz CT molecular complexity index is 811. The zero-order chi connectivity index (χ0) is 18.2. The summed E-state index contributed by atoms with van der Waals surface area (Å²) in [5, 5.41) is 0. The van der Waals surface area contributed by atoms with Crippen LogP contribution in [0.5, 0.6) is 0 Å². The maximum Gasteiger partial charge on any atom is 0.160 e. The van der Waals surface area contributed by atoms with Crippen molar-refractivity contribution in [2.45, 2.75) is 51.9 Å². The standard InChI is InChI=1S/C23H26OS2/c1-2-3-4-5-6-7-8-18-9-11-19(12-10-18)21-15-16-23(26-21)22-14-13-20(17-24)25-22/h9-17H,2-8H2,1H3. The molecule has 2 heterocycles. The zero-order valence-corrected chi connectivity index (χ0v) is 17.0. The summed E-state index contributed by atoms with van der Waals surface area (Å²) in [6, 6.07) is 17.3. The molecule has 0 bridgehead atoms. The Balaban J connectivity index is 1.56. The minimum absolute atomic E-state index is 0.786. The van der Waals surface area contributed by atoms with Crippen LogP contribution >= 0.6 is 22.7 Å². The number of hydrogen-bond donors (Lipinski definition) is 0. The summed E-state index contributed by atoms with van der Waals surface area (Å²) in [4.78, 5) is 15.3. The van der Waals surface area contributed by atoms with E-state index in [1.165, 1.54) is 70.7 Å². The van der Waals surface area contributed by atoms with E-state index in [4.69, 9.17) is 0 Å². The summed E-state index contributed by atoms with van der Waals surface area (Å²) in [7, 11) is 0. The number of rotatable bonds is 10. The van der Waals surface area contributed by atoms with Crippen LogP contribution in [0.25, 0.3) is 20.2 Å². The lowest BCUT2D eigenvalue weighted by Gasteiger charge is -2.04. The van der Waals surface area contributed by atoms with Gasteiger partial charge in [-0.05, 0) is 48.2 Å². The van der Waals surface area contributed by atoms with Gasteiger partial charge in [0.05, 0.1) is 4.88 Å². The Morgan fingerprint density at radius 2 is 1.38 bits per heavy atom. The summed E-state index contributed by atoms with van der Waals surface area (Å²) in [6.07, 6.45) is 10.2. The van der Waals surface area contributed by atoms with Crippen LogP contribution in [-0.4, -0.2) is 6.29 Å². The van der Waals surface area contributed by atoms with Crippen molar-refractivity contribution < 1.29 is 4.79 Å². The lowest BCUT2D eigenvalue weighted by Crippen LogP contribution is -1.86. The second-order valence-electron chi connectivity index (χ2n) is 6.70. The minimum Gasteiger partial charge on any atom is -0.297 e. The molecule has 0 unspecified atom stereocenters. The second-order valence-corrected chi connectivity index (χ2v) is 8.90. The van der Waals surface area contributed by atoms with E-state index in [0.717, 1.165) is 11.2 Å². The van der Waals surface area contributed by atoms with Crippen LogP contribution in [0.3, 0.4) is 0 Å². The molecule has 3 heteroatoms. The Hall–Kier alpha value is -1.71. The molecule has 0 spiro atoms. The van der Waals surface area contributed by atoms with E-state index >= 15 is 0 Å². The van der Waals surface area contributed by atoms with Crippen molar-refractivity contribution in [3.63, 3.8) is 0 Å². The average molecular weight is 383 g/mol. The van der Waals surface area contributed by atoms with Crippen molar-refractivity contribution in [2.75, 3.05) is 0 Å². The Labute approximate surface area is 164 Å². The molecule has 0 fully saturated rings. The number of carbonyl (C=O) groups excluding carboxylic acids is 1. The summed E-state index contributed by atoms with van der Waals surface area (Å²) < 4.78 is 0. The molecule has 0 atom stereocenters. The van der Waals surface area contributed by atoms with Crippen LogP contribution in [0.1, 0.15) is 60.7 Å². The summed E-state index contributed by atoms with van der Waals surface area (Å²) in [5.41, 5.74) is 2.72. The van der Waals surface area contributed by atoms with Gasteiger partial charge in [0.1, 0.15) is 0 Å². The van der Waals surface area contributed by atoms with Gasteiger partial charge >= 0.3 is 0 Å². The highest BCUT2D eigenvalue weighted by Crippen LogP contribution is 2.37. The van der Waals surface area contributed by atoms with E-state index in [1.54, 1.807) is 22.7 Å². The Morgan fingerprint density at radius 1 is 0.731 bits per heavy atom. The first-order valence-electron chi connectivity index (χ1n) is 9.54. The molecular weight excluding hydrogens is 356 g/mol. The van der Waals surface area contributed by atoms with Gasteiger partial charge in [0, 0.05) is 14.6 Å². The Morgan fingerprint density at radius 3 is 2.12 bits per heavy atom. The van der Waals surface area contributed by atoms with E-state index in [1.807, 2.05) is 12.1 Å². The smallest absolute Gasteiger partial charge is 0.160 e. The van der Waals surface area contributed by atoms with Crippen molar-refractivity contribution in [2.24, 2.45) is 0 Å². The van der Waals surface area contributed by atoms with Crippen molar-refractivity contribution in [1.82, 2.24) is 0 Å². The van der Waals surface area contributed by atoms with E-state index in [2.05, 4.69) is 43.3 Å². The van der Waals surface area contributed by atoms with Crippen LogP contribution in [0, 0.1) is 0 Å². The molecule has 3 rings (SSSR count). The van der Waals surface area contributed by atoms with E-state index in [0.29, 0.717) is 0 Å². The zero-order valence-electron chi connectivity index (χ0n) is 15.4. The predicted octanol–water partition coefficient (Wildman–Crippen LogP) is 7.86. The molecule has 0 aliphatic carbocycles. The van der Waals surface area contributed by atoms with Crippen LogP contribution in [0.15, 0.2) is 48.5 Å². The number of unbranched alkanes of at least 4 members (excludes halogenated alkanes) is 5. The first kappa shape index (κ1) is 19.1. The van der Waals surface area contributed by atoms with Crippen molar-refractivity contribution in [3.8, 4) is 20.2 Å². The molecule has 26 heavy (non-hydrogen) atoms. The molecule has 0 saturated heterocycles. The quantitative estimate of drug-likeness (QED) is 0.258. The van der Waals surface area contributed by atoms with E-state index in [9.17, 15) is 4.79 Å². The SMILES string of the molecule is CCCCCCCCc1ccc(-c2ccc(-c3ccc(C=O)s3)s2)cc1. The first-order chi connectivity index (χ1) is 12.8. The number of benzene rings is 1. The van der Waals surface area contributed by atoms with Gasteiger partial charge in [-0.15, -0.1) is 22.7 Å². The van der Waals surface area contributed by atoms with Gasteiger partial charge in [0.15, 0.2) is 6.29 Å². The first-order valence-corrected chi connectivity index (χ1v) is 11.2. The third-order valence-corrected chi connectivity index (χ3v) is 6.99. The molecule has 0 amide bonds. The van der Waals surface area contributed by atoms with E-state index in [-0.39, 0.29) is 0 Å². The van der Waals surface area contributed by atoms with Crippen LogP contribution in [0.2, 0.25) is 0 Å². The minimum atomic E-state index is 0.786. The molecule has 1 nitrogen and oxygen atoms in total. The molecule has 3 aromatic rings. The predicted molar refractivity (Wildman–Crippen MR) is 116 cm³/mol. The topological polar surface area (TPSA) is 17.1 Å². The largest absolute Gasteiger partial charge is 0.297 e. The molecule has 0 saturated carbocycles. The number of carbonyl (C=O) groups is 1.